The first-order valence-corrected chi connectivity index (χ1v) is 8.54. The third-order valence-corrected chi connectivity index (χ3v) is 4.88. The van der Waals surface area contributed by atoms with E-state index in [1.54, 1.807) is 42.7 Å². The van der Waals surface area contributed by atoms with Gasteiger partial charge in [-0.15, -0.1) is 11.3 Å². The van der Waals surface area contributed by atoms with E-state index in [2.05, 4.69) is 10.3 Å². The van der Waals surface area contributed by atoms with Gasteiger partial charge in [-0.25, -0.2) is 0 Å². The third-order valence-electron chi connectivity index (χ3n) is 3.40. The van der Waals surface area contributed by atoms with E-state index in [9.17, 15) is 9.59 Å². The molecule has 2 N–H and O–H groups in total. The number of amides is 1. The third kappa shape index (κ3) is 4.23. The van der Waals surface area contributed by atoms with Gasteiger partial charge in [-0.3, -0.25) is 14.6 Å². The normalized spacial score (nSPS) is 10.4. The van der Waals surface area contributed by atoms with Gasteiger partial charge in [0.2, 0.25) is 0 Å². The molecule has 2 aromatic heterocycles. The Kier molecular flexibility index (Phi) is 5.11. The van der Waals surface area contributed by atoms with Crippen LogP contribution in [0.3, 0.4) is 0 Å². The number of anilines is 1. The molecule has 3 aromatic rings. The summed E-state index contributed by atoms with van der Waals surface area (Å²) in [6, 6.07) is 12.2. The first-order chi connectivity index (χ1) is 12.0. The van der Waals surface area contributed by atoms with Crippen molar-refractivity contribution in [2.24, 2.45) is 0 Å². The summed E-state index contributed by atoms with van der Waals surface area (Å²) in [5, 5.41) is 12.5. The van der Waals surface area contributed by atoms with Crippen LogP contribution in [0.15, 0.2) is 54.9 Å². The number of carbonyl (C=O) groups is 2. The number of carboxylic acid groups (broad SMARTS) is 1. The lowest BCUT2D eigenvalue weighted by molar-refractivity contribution is -0.136. The van der Waals surface area contributed by atoms with Gasteiger partial charge < -0.3 is 10.4 Å². The Balaban J connectivity index is 1.93. The minimum Gasteiger partial charge on any atom is -0.481 e. The number of pyridine rings is 1. The van der Waals surface area contributed by atoms with Crippen molar-refractivity contribution >= 4 is 40.5 Å². The molecular weight excluding hydrogens is 360 g/mol. The van der Waals surface area contributed by atoms with Crippen molar-refractivity contribution in [2.45, 2.75) is 6.42 Å². The van der Waals surface area contributed by atoms with Crippen LogP contribution in [0, 0.1) is 0 Å². The maximum Gasteiger partial charge on any atom is 0.307 e. The lowest BCUT2D eigenvalue weighted by Gasteiger charge is -2.02. The molecule has 0 spiro atoms. The first kappa shape index (κ1) is 17.1. The Hall–Kier alpha value is -2.70. The van der Waals surface area contributed by atoms with Gasteiger partial charge in [-0.1, -0.05) is 23.7 Å². The summed E-state index contributed by atoms with van der Waals surface area (Å²) < 4.78 is 0. The molecule has 126 valence electrons. The summed E-state index contributed by atoms with van der Waals surface area (Å²) in [5.41, 5.74) is 2.00. The fourth-order valence-electron chi connectivity index (χ4n) is 2.31. The fraction of sp³-hybridized carbons (Fsp3) is 0.0556. The van der Waals surface area contributed by atoms with E-state index in [0.717, 1.165) is 10.4 Å². The number of nitrogens with one attached hydrogen (secondary N) is 1. The number of nitrogens with zero attached hydrogens (tertiary/aromatic N) is 1. The molecule has 1 amide bonds. The van der Waals surface area contributed by atoms with Crippen molar-refractivity contribution in [3.05, 3.63) is 70.3 Å². The fourth-order valence-corrected chi connectivity index (χ4v) is 3.52. The van der Waals surface area contributed by atoms with E-state index in [4.69, 9.17) is 16.7 Å². The van der Waals surface area contributed by atoms with E-state index in [0.29, 0.717) is 21.2 Å². The quantitative estimate of drug-likeness (QED) is 0.698. The Morgan fingerprint density at radius 2 is 1.96 bits per heavy atom. The molecule has 0 aliphatic rings. The van der Waals surface area contributed by atoms with Crippen LogP contribution in [0.2, 0.25) is 5.02 Å². The van der Waals surface area contributed by atoms with Gasteiger partial charge in [0.1, 0.15) is 0 Å². The highest BCUT2D eigenvalue weighted by Crippen LogP contribution is 2.34. The van der Waals surface area contributed by atoms with Crippen LogP contribution in [0.5, 0.6) is 0 Å². The molecule has 0 fully saturated rings. The van der Waals surface area contributed by atoms with Crippen molar-refractivity contribution in [2.75, 3.05) is 5.32 Å². The van der Waals surface area contributed by atoms with Crippen LogP contribution in [0.25, 0.3) is 10.4 Å². The zero-order chi connectivity index (χ0) is 17.8. The van der Waals surface area contributed by atoms with Gasteiger partial charge in [0.15, 0.2) is 0 Å². The van der Waals surface area contributed by atoms with Crippen LogP contribution in [0.4, 0.5) is 5.69 Å². The number of halogens is 1. The van der Waals surface area contributed by atoms with Crippen molar-refractivity contribution in [3.8, 4) is 10.4 Å². The summed E-state index contributed by atoms with van der Waals surface area (Å²) in [5.74, 6) is -1.25. The zero-order valence-electron chi connectivity index (χ0n) is 12.9. The van der Waals surface area contributed by atoms with E-state index >= 15 is 0 Å². The molecule has 0 aliphatic heterocycles. The van der Waals surface area contributed by atoms with E-state index in [1.807, 2.05) is 12.1 Å². The van der Waals surface area contributed by atoms with E-state index < -0.39 is 5.97 Å². The second kappa shape index (κ2) is 7.46. The Morgan fingerprint density at radius 1 is 1.20 bits per heavy atom. The van der Waals surface area contributed by atoms with Gasteiger partial charge in [-0.05, 0) is 41.5 Å². The van der Waals surface area contributed by atoms with Gasteiger partial charge in [0.05, 0.1) is 23.2 Å². The van der Waals surface area contributed by atoms with Crippen molar-refractivity contribution < 1.29 is 14.7 Å². The molecule has 5 nitrogen and oxygen atoms in total. The molecule has 1 aromatic carbocycles. The molecule has 25 heavy (non-hydrogen) atoms. The minimum absolute atomic E-state index is 0.158. The molecule has 3 rings (SSSR count). The molecule has 0 saturated carbocycles. The number of aliphatic carboxylic acids is 1. The number of carbonyl (C=O) groups excluding carboxylic acids is 1. The summed E-state index contributed by atoms with van der Waals surface area (Å²) in [6.45, 7) is 0. The number of aromatic nitrogens is 1. The molecule has 7 heteroatoms. The highest BCUT2D eigenvalue weighted by Gasteiger charge is 2.18. The smallest absolute Gasteiger partial charge is 0.307 e. The Morgan fingerprint density at radius 3 is 2.60 bits per heavy atom. The van der Waals surface area contributed by atoms with Crippen LogP contribution in [-0.2, 0) is 11.2 Å². The molecule has 0 bridgehead atoms. The number of thiophene rings is 1. The predicted molar refractivity (Wildman–Crippen MR) is 98.3 cm³/mol. The second-order valence-corrected chi connectivity index (χ2v) is 6.73. The molecule has 0 radical (unpaired) electrons. The van der Waals surface area contributed by atoms with Crippen LogP contribution in [-0.4, -0.2) is 22.0 Å². The zero-order valence-corrected chi connectivity index (χ0v) is 14.5. The van der Waals surface area contributed by atoms with Gasteiger partial charge in [-0.2, -0.15) is 0 Å². The SMILES string of the molecule is O=C(O)Cc1cc(C(=O)Nc2cccnc2)sc1-c1ccc(Cl)cc1. The van der Waals surface area contributed by atoms with Crippen molar-refractivity contribution in [1.82, 2.24) is 4.98 Å². The van der Waals surface area contributed by atoms with E-state index in [1.165, 1.54) is 11.3 Å². The average molecular weight is 373 g/mol. The summed E-state index contributed by atoms with van der Waals surface area (Å²) in [7, 11) is 0. The molecule has 0 aliphatic carbocycles. The molecule has 0 unspecified atom stereocenters. The average Bonchev–Trinajstić information content (AvgIpc) is 3.00. The first-order valence-electron chi connectivity index (χ1n) is 7.35. The predicted octanol–water partition coefficient (Wildman–Crippen LogP) is 4.34. The lowest BCUT2D eigenvalue weighted by atomic mass is 10.1. The standard InChI is InChI=1S/C18H13ClN2O3S/c19-13-5-3-11(4-6-13)17-12(9-16(22)23)8-15(25-17)18(24)21-14-2-1-7-20-10-14/h1-8,10H,9H2,(H,21,24)(H,22,23). The Bertz CT molecular complexity index is 908. The summed E-state index contributed by atoms with van der Waals surface area (Å²) in [6.07, 6.45) is 3.00. The van der Waals surface area contributed by atoms with Crippen LogP contribution >= 0.6 is 22.9 Å². The number of rotatable bonds is 5. The number of hydrogen-bond donors (Lipinski definition) is 2. The molecular formula is C18H13ClN2O3S. The number of carboxylic acids is 1. The Labute approximate surface area is 152 Å². The molecule has 0 saturated heterocycles. The highest BCUT2D eigenvalue weighted by atomic mass is 35.5. The largest absolute Gasteiger partial charge is 0.481 e. The topological polar surface area (TPSA) is 79.3 Å². The molecule has 2 heterocycles. The minimum atomic E-state index is -0.952. The van der Waals surface area contributed by atoms with Crippen LogP contribution < -0.4 is 5.32 Å². The highest BCUT2D eigenvalue weighted by molar-refractivity contribution is 7.17. The lowest BCUT2D eigenvalue weighted by Crippen LogP contribution is -2.10. The van der Waals surface area contributed by atoms with Crippen molar-refractivity contribution in [3.63, 3.8) is 0 Å². The van der Waals surface area contributed by atoms with E-state index in [-0.39, 0.29) is 12.3 Å². The number of hydrogen-bond acceptors (Lipinski definition) is 4. The molecule has 0 atom stereocenters. The van der Waals surface area contributed by atoms with Gasteiger partial charge in [0.25, 0.3) is 5.91 Å². The van der Waals surface area contributed by atoms with Gasteiger partial charge in [0, 0.05) is 16.1 Å². The maximum absolute atomic E-state index is 12.5. The maximum atomic E-state index is 12.5. The second-order valence-electron chi connectivity index (χ2n) is 5.24. The summed E-state index contributed by atoms with van der Waals surface area (Å²) >= 11 is 7.16. The van der Waals surface area contributed by atoms with Crippen molar-refractivity contribution in [1.29, 1.82) is 0 Å². The monoisotopic (exact) mass is 372 g/mol. The number of benzene rings is 1. The summed E-state index contributed by atoms with van der Waals surface area (Å²) in [4.78, 5) is 28.7. The van der Waals surface area contributed by atoms with Gasteiger partial charge >= 0.3 is 5.97 Å². The van der Waals surface area contributed by atoms with Crippen LogP contribution in [0.1, 0.15) is 15.2 Å².